The van der Waals surface area contributed by atoms with Crippen LogP contribution < -0.4 is 10.6 Å². The summed E-state index contributed by atoms with van der Waals surface area (Å²) >= 11 is 0. The Morgan fingerprint density at radius 3 is 2.72 bits per heavy atom. The van der Waals surface area contributed by atoms with Crippen LogP contribution in [0, 0.1) is 0 Å². The van der Waals surface area contributed by atoms with Gasteiger partial charge in [0.1, 0.15) is 17.9 Å². The maximum Gasteiger partial charge on any atom is 0.191 e. The zero-order valence-corrected chi connectivity index (χ0v) is 16.6. The number of pyridine rings is 1. The topological polar surface area (TPSA) is 62.5 Å². The first kappa shape index (κ1) is 19.2. The molecular formula is C19H23IN4O. The van der Waals surface area contributed by atoms with E-state index in [0.29, 0.717) is 6.54 Å². The monoisotopic (exact) mass is 450 g/mol. The number of rotatable bonds is 6. The first-order chi connectivity index (χ1) is 11.8. The molecule has 6 heteroatoms. The fraction of sp³-hybridized carbons (Fsp3) is 0.263. The van der Waals surface area contributed by atoms with E-state index < -0.39 is 0 Å². The summed E-state index contributed by atoms with van der Waals surface area (Å²) in [5.41, 5.74) is 1.97. The highest BCUT2D eigenvalue weighted by Crippen LogP contribution is 2.19. The predicted molar refractivity (Wildman–Crippen MR) is 112 cm³/mol. The Hall–Kier alpha value is -2.09. The number of aliphatic imine (C=N–C) groups is 1. The molecule has 0 spiro atoms. The summed E-state index contributed by atoms with van der Waals surface area (Å²) in [4.78, 5) is 8.91. The van der Waals surface area contributed by atoms with Gasteiger partial charge in [0.05, 0.1) is 0 Å². The van der Waals surface area contributed by atoms with Crippen LogP contribution in [-0.2, 0) is 13.0 Å². The average molecular weight is 450 g/mol. The minimum Gasteiger partial charge on any atom is -0.459 e. The van der Waals surface area contributed by atoms with Gasteiger partial charge in [0.25, 0.3) is 0 Å². The molecule has 2 aromatic heterocycles. The van der Waals surface area contributed by atoms with Crippen molar-refractivity contribution in [3.8, 4) is 0 Å². The highest BCUT2D eigenvalue weighted by Gasteiger charge is 2.03. The van der Waals surface area contributed by atoms with E-state index >= 15 is 0 Å². The molecule has 0 radical (unpaired) electrons. The van der Waals surface area contributed by atoms with Crippen LogP contribution in [0.3, 0.4) is 0 Å². The van der Waals surface area contributed by atoms with E-state index in [4.69, 9.17) is 4.42 Å². The van der Waals surface area contributed by atoms with Crippen LogP contribution in [-0.4, -0.2) is 24.0 Å². The summed E-state index contributed by atoms with van der Waals surface area (Å²) in [7, 11) is 0. The third-order valence-corrected chi connectivity index (χ3v) is 3.61. The molecule has 0 atom stereocenters. The molecule has 0 aliphatic rings. The molecule has 3 rings (SSSR count). The first-order valence-corrected chi connectivity index (χ1v) is 8.24. The van der Waals surface area contributed by atoms with Gasteiger partial charge in [0.15, 0.2) is 5.96 Å². The fourth-order valence-corrected chi connectivity index (χ4v) is 2.47. The van der Waals surface area contributed by atoms with Gasteiger partial charge >= 0.3 is 0 Å². The second-order valence-electron chi connectivity index (χ2n) is 5.44. The zero-order valence-electron chi connectivity index (χ0n) is 14.2. The molecule has 3 aromatic rings. The lowest BCUT2D eigenvalue weighted by atomic mass is 10.2. The van der Waals surface area contributed by atoms with Gasteiger partial charge in [-0.3, -0.25) is 4.98 Å². The maximum absolute atomic E-state index is 5.80. The van der Waals surface area contributed by atoms with Crippen molar-refractivity contribution in [3.63, 3.8) is 0 Å². The summed E-state index contributed by atoms with van der Waals surface area (Å²) in [5, 5.41) is 7.69. The van der Waals surface area contributed by atoms with Crippen LogP contribution in [0.1, 0.15) is 18.4 Å². The van der Waals surface area contributed by atoms with Crippen molar-refractivity contribution in [3.05, 3.63) is 66.2 Å². The summed E-state index contributed by atoms with van der Waals surface area (Å²) in [6.45, 7) is 4.16. The van der Waals surface area contributed by atoms with Gasteiger partial charge in [-0.15, -0.1) is 24.0 Å². The van der Waals surface area contributed by atoms with E-state index in [1.54, 1.807) is 0 Å². The second-order valence-corrected chi connectivity index (χ2v) is 5.44. The summed E-state index contributed by atoms with van der Waals surface area (Å²) in [6.07, 6.45) is 2.67. The van der Waals surface area contributed by atoms with Gasteiger partial charge < -0.3 is 15.1 Å². The van der Waals surface area contributed by atoms with E-state index in [2.05, 4.69) is 27.5 Å². The minimum absolute atomic E-state index is 0. The first-order valence-electron chi connectivity index (χ1n) is 8.24. The van der Waals surface area contributed by atoms with Crippen molar-refractivity contribution < 1.29 is 4.42 Å². The number of furan rings is 1. The summed E-state index contributed by atoms with van der Waals surface area (Å²) in [5.74, 6) is 1.65. The number of nitrogens with one attached hydrogen (secondary N) is 2. The standard InChI is InChI=1S/C19H22N4O.HI/c1-2-20-19(22-12-10-16-8-5-6-11-21-16)23-14-17-13-15-7-3-4-9-18(15)24-17;/h3-9,11,13H,2,10,12,14H2,1H3,(H2,20,22,23);1H. The Balaban J connectivity index is 0.00000225. The molecule has 0 bridgehead atoms. The average Bonchev–Trinajstić information content (AvgIpc) is 3.03. The Kier molecular flexibility index (Phi) is 7.72. The minimum atomic E-state index is 0. The van der Waals surface area contributed by atoms with E-state index in [1.165, 1.54) is 0 Å². The van der Waals surface area contributed by atoms with Gasteiger partial charge in [0, 0.05) is 36.8 Å². The molecule has 5 nitrogen and oxygen atoms in total. The van der Waals surface area contributed by atoms with Crippen molar-refractivity contribution in [2.24, 2.45) is 4.99 Å². The number of nitrogens with zero attached hydrogens (tertiary/aromatic N) is 2. The van der Waals surface area contributed by atoms with Crippen molar-refractivity contribution in [2.75, 3.05) is 13.1 Å². The normalized spacial score (nSPS) is 11.2. The lowest BCUT2D eigenvalue weighted by Gasteiger charge is -2.10. The van der Waals surface area contributed by atoms with E-state index in [9.17, 15) is 0 Å². The van der Waals surface area contributed by atoms with Gasteiger partial charge in [-0.1, -0.05) is 24.3 Å². The largest absolute Gasteiger partial charge is 0.459 e. The Morgan fingerprint density at radius 2 is 1.96 bits per heavy atom. The lowest BCUT2D eigenvalue weighted by Crippen LogP contribution is -2.38. The Labute approximate surface area is 165 Å². The molecule has 0 aliphatic carbocycles. The van der Waals surface area contributed by atoms with E-state index in [1.807, 2.05) is 54.7 Å². The molecule has 1 aromatic carbocycles. The number of halogens is 1. The molecule has 2 heterocycles. The molecule has 0 saturated carbocycles. The number of benzene rings is 1. The van der Waals surface area contributed by atoms with Gasteiger partial charge in [-0.05, 0) is 31.2 Å². The SMILES string of the molecule is CCNC(=NCc1cc2ccccc2o1)NCCc1ccccn1.I. The van der Waals surface area contributed by atoms with Crippen LogP contribution in [0.4, 0.5) is 0 Å². The van der Waals surface area contributed by atoms with E-state index in [-0.39, 0.29) is 24.0 Å². The second kappa shape index (κ2) is 10.0. The number of guanidine groups is 1. The van der Waals surface area contributed by atoms with Crippen LogP contribution in [0.25, 0.3) is 11.0 Å². The van der Waals surface area contributed by atoms with Crippen LogP contribution in [0.15, 0.2) is 64.1 Å². The molecule has 25 heavy (non-hydrogen) atoms. The number of hydrogen-bond donors (Lipinski definition) is 2. The molecular weight excluding hydrogens is 427 g/mol. The number of aromatic nitrogens is 1. The zero-order chi connectivity index (χ0) is 16.6. The highest BCUT2D eigenvalue weighted by atomic mass is 127. The van der Waals surface area contributed by atoms with E-state index in [0.717, 1.165) is 47.9 Å². The third kappa shape index (κ3) is 5.74. The molecule has 0 unspecified atom stereocenters. The molecule has 0 amide bonds. The third-order valence-electron chi connectivity index (χ3n) is 3.61. The van der Waals surface area contributed by atoms with Crippen molar-refractivity contribution in [1.82, 2.24) is 15.6 Å². The van der Waals surface area contributed by atoms with Gasteiger partial charge in [-0.2, -0.15) is 0 Å². The Bertz CT molecular complexity index is 768. The molecule has 2 N–H and O–H groups in total. The molecule has 132 valence electrons. The molecule has 0 saturated heterocycles. The number of hydrogen-bond acceptors (Lipinski definition) is 3. The maximum atomic E-state index is 5.80. The summed E-state index contributed by atoms with van der Waals surface area (Å²) < 4.78 is 5.80. The number of fused-ring (bicyclic) bond motifs is 1. The van der Waals surface area contributed by atoms with Crippen molar-refractivity contribution in [2.45, 2.75) is 19.9 Å². The predicted octanol–water partition coefficient (Wildman–Crippen LogP) is 3.74. The van der Waals surface area contributed by atoms with Crippen molar-refractivity contribution in [1.29, 1.82) is 0 Å². The number of para-hydroxylation sites is 1. The van der Waals surface area contributed by atoms with Crippen LogP contribution in [0.5, 0.6) is 0 Å². The van der Waals surface area contributed by atoms with Crippen LogP contribution >= 0.6 is 24.0 Å². The summed E-state index contributed by atoms with van der Waals surface area (Å²) in [6, 6.07) is 16.0. The highest BCUT2D eigenvalue weighted by molar-refractivity contribution is 14.0. The van der Waals surface area contributed by atoms with Crippen molar-refractivity contribution >= 4 is 40.9 Å². The quantitative estimate of drug-likeness (QED) is 0.341. The smallest absolute Gasteiger partial charge is 0.191 e. The fourth-order valence-electron chi connectivity index (χ4n) is 2.47. The molecule has 0 fully saturated rings. The molecule has 0 aliphatic heterocycles. The lowest BCUT2D eigenvalue weighted by molar-refractivity contribution is 0.551. The van der Waals surface area contributed by atoms with Gasteiger partial charge in [-0.25, -0.2) is 4.99 Å². The Morgan fingerprint density at radius 1 is 1.12 bits per heavy atom. The van der Waals surface area contributed by atoms with Gasteiger partial charge in [0.2, 0.25) is 0 Å². The van der Waals surface area contributed by atoms with Crippen LogP contribution in [0.2, 0.25) is 0 Å².